The molecular weight excluding hydrogens is 793 g/mol. The van der Waals surface area contributed by atoms with Gasteiger partial charge in [0, 0.05) is 38.4 Å². The van der Waals surface area contributed by atoms with Crippen LogP contribution in [0, 0.1) is 11.8 Å². The molecule has 16 heteroatoms. The van der Waals surface area contributed by atoms with Crippen molar-refractivity contribution in [3.8, 4) is 22.3 Å². The van der Waals surface area contributed by atoms with E-state index in [1.807, 2.05) is 49.6 Å². The van der Waals surface area contributed by atoms with E-state index in [0.717, 1.165) is 81.1 Å². The maximum Gasteiger partial charge on any atom is 0.407 e. The average Bonchev–Trinajstić information content (AvgIpc) is 4.10. The van der Waals surface area contributed by atoms with Crippen LogP contribution < -0.4 is 10.6 Å². The van der Waals surface area contributed by atoms with Crippen LogP contribution in [-0.2, 0) is 41.8 Å². The molecule has 0 unspecified atom stereocenters. The second kappa shape index (κ2) is 18.9. The van der Waals surface area contributed by atoms with Gasteiger partial charge in [0.05, 0.1) is 61.6 Å². The second-order valence-corrected chi connectivity index (χ2v) is 16.8. The van der Waals surface area contributed by atoms with Crippen molar-refractivity contribution in [3.63, 3.8) is 0 Å². The largest absolute Gasteiger partial charge is 0.453 e. The van der Waals surface area contributed by atoms with Gasteiger partial charge in [0.2, 0.25) is 11.8 Å². The van der Waals surface area contributed by atoms with E-state index in [0.29, 0.717) is 38.0 Å². The van der Waals surface area contributed by atoms with E-state index in [4.69, 9.17) is 28.9 Å². The van der Waals surface area contributed by atoms with Crippen LogP contribution in [0.1, 0.15) is 88.2 Å². The van der Waals surface area contributed by atoms with Gasteiger partial charge in [-0.3, -0.25) is 9.59 Å². The van der Waals surface area contributed by atoms with Gasteiger partial charge in [-0.1, -0.05) is 64.1 Å². The number of ether oxygens (including phenoxy) is 4. The van der Waals surface area contributed by atoms with Crippen molar-refractivity contribution >= 4 is 46.1 Å². The SMILES string of the molecule is COCc1c(-c2ccc(-c3ccc4[nH]c([C@@H]5CCCN5C(=O)[C@@H](NC(=O)OC)C(C)C)nc4c3COC)cc2)ccc2[nH]c([C@@H]3CCCN3C(=O)[C@@H](NC(=O)OC)C(C)C)nc12. The third-order valence-electron chi connectivity index (χ3n) is 12.1. The van der Waals surface area contributed by atoms with Crippen LogP contribution in [0.4, 0.5) is 9.59 Å². The van der Waals surface area contributed by atoms with Crippen LogP contribution in [0.5, 0.6) is 0 Å². The molecule has 16 nitrogen and oxygen atoms in total. The minimum Gasteiger partial charge on any atom is -0.453 e. The summed E-state index contributed by atoms with van der Waals surface area (Å²) in [4.78, 5) is 72.7. The Labute approximate surface area is 361 Å². The summed E-state index contributed by atoms with van der Waals surface area (Å²) >= 11 is 0. The molecule has 4 N–H and O–H groups in total. The predicted molar refractivity (Wildman–Crippen MR) is 234 cm³/mol. The summed E-state index contributed by atoms with van der Waals surface area (Å²) in [5.74, 6) is 0.796. The highest BCUT2D eigenvalue weighted by Gasteiger charge is 2.39. The molecular formula is C46H58N8O8. The number of fused-ring (bicyclic) bond motifs is 2. The third kappa shape index (κ3) is 8.71. The van der Waals surface area contributed by atoms with Crippen molar-refractivity contribution in [2.45, 2.75) is 90.8 Å². The molecule has 4 atom stereocenters. The molecule has 0 bridgehead atoms. The molecule has 2 saturated heterocycles. The maximum absolute atomic E-state index is 13.8. The molecule has 7 rings (SSSR count). The Bertz CT molecular complexity index is 2260. The molecule has 2 fully saturated rings. The van der Waals surface area contributed by atoms with E-state index < -0.39 is 24.3 Å². The molecule has 2 aliphatic heterocycles. The Morgan fingerprint density at radius 1 is 0.629 bits per heavy atom. The summed E-state index contributed by atoms with van der Waals surface area (Å²) < 4.78 is 21.1. The topological polar surface area (TPSA) is 193 Å². The van der Waals surface area contributed by atoms with Gasteiger partial charge >= 0.3 is 12.2 Å². The van der Waals surface area contributed by atoms with Gasteiger partial charge in [0.15, 0.2) is 0 Å². The van der Waals surface area contributed by atoms with E-state index in [2.05, 4.69) is 57.0 Å². The summed E-state index contributed by atoms with van der Waals surface area (Å²) in [6, 6.07) is 14.5. The zero-order valence-corrected chi connectivity index (χ0v) is 36.8. The number of rotatable bonds is 14. The van der Waals surface area contributed by atoms with Gasteiger partial charge in [-0.25, -0.2) is 19.6 Å². The summed E-state index contributed by atoms with van der Waals surface area (Å²) in [5.41, 5.74) is 9.03. The first kappa shape index (κ1) is 44.1. The fourth-order valence-corrected chi connectivity index (χ4v) is 8.96. The van der Waals surface area contributed by atoms with E-state index in [1.165, 1.54) is 14.2 Å². The van der Waals surface area contributed by atoms with Gasteiger partial charge < -0.3 is 49.3 Å². The fraction of sp³-hybridized carbons (Fsp3) is 0.478. The molecule has 2 aromatic heterocycles. The number of benzene rings is 3. The van der Waals surface area contributed by atoms with Crippen molar-refractivity contribution in [1.29, 1.82) is 0 Å². The van der Waals surface area contributed by atoms with E-state index in [1.54, 1.807) is 14.2 Å². The van der Waals surface area contributed by atoms with Crippen molar-refractivity contribution in [2.75, 3.05) is 41.5 Å². The van der Waals surface area contributed by atoms with E-state index in [9.17, 15) is 19.2 Å². The molecule has 0 aliphatic carbocycles. The molecule has 62 heavy (non-hydrogen) atoms. The lowest BCUT2D eigenvalue weighted by Crippen LogP contribution is -2.51. The Morgan fingerprint density at radius 3 is 1.35 bits per heavy atom. The quantitative estimate of drug-likeness (QED) is 0.0892. The minimum atomic E-state index is -0.725. The number of carbonyl (C=O) groups is 4. The number of nitrogens with zero attached hydrogens (tertiary/aromatic N) is 4. The zero-order chi connectivity index (χ0) is 44.2. The number of carbonyl (C=O) groups excluding carboxylic acids is 4. The van der Waals surface area contributed by atoms with Crippen LogP contribution in [0.15, 0.2) is 48.5 Å². The number of methoxy groups -OCH3 is 4. The standard InChI is InChI=1S/C46H58N8O8/c1-25(2)37(51-45(57)61-7)43(55)53-21-9-11-35(53)41-47-33-19-17-29(31(23-59-5)39(33)49-41)27-13-15-28(16-14-27)30-18-20-34-40(32(30)24-60-6)50-42(48-34)36-12-10-22-54(36)44(56)38(26(3)4)52-46(58)62-8/h13-20,25-26,35-38H,9-12,21-24H2,1-8H3,(H,47,49)(H,48,50)(H,51,57)(H,52,58)/t35-,36-,37-,38-/m0/s1. The minimum absolute atomic E-state index is 0.136. The molecule has 0 spiro atoms. The first-order valence-electron chi connectivity index (χ1n) is 21.3. The first-order chi connectivity index (χ1) is 29.9. The Hall–Kier alpha value is -6.00. The predicted octanol–water partition coefficient (Wildman–Crippen LogP) is 7.15. The number of aromatic nitrogens is 4. The third-order valence-corrected chi connectivity index (χ3v) is 12.1. The Kier molecular flexibility index (Phi) is 13.5. The number of hydrogen-bond acceptors (Lipinski definition) is 10. The number of aromatic amines is 2. The lowest BCUT2D eigenvalue weighted by Gasteiger charge is -2.29. The Balaban J connectivity index is 1.17. The van der Waals surface area contributed by atoms with Gasteiger partial charge in [-0.05, 0) is 71.9 Å². The summed E-state index contributed by atoms with van der Waals surface area (Å²) in [6.07, 6.45) is 1.84. The highest BCUT2D eigenvalue weighted by molar-refractivity contribution is 5.91. The molecule has 3 aromatic carbocycles. The molecule has 0 radical (unpaired) electrons. The number of nitrogens with one attached hydrogen (secondary N) is 4. The first-order valence-corrected chi connectivity index (χ1v) is 21.3. The van der Waals surface area contributed by atoms with Crippen LogP contribution in [0.3, 0.4) is 0 Å². The average molecular weight is 851 g/mol. The van der Waals surface area contributed by atoms with Crippen LogP contribution >= 0.6 is 0 Å². The zero-order valence-electron chi connectivity index (χ0n) is 36.8. The number of likely N-dealkylation sites (tertiary alicyclic amines) is 2. The van der Waals surface area contributed by atoms with Gasteiger partial charge in [0.25, 0.3) is 0 Å². The van der Waals surface area contributed by atoms with Gasteiger partial charge in [0.1, 0.15) is 23.7 Å². The Morgan fingerprint density at radius 2 is 1.02 bits per heavy atom. The number of amides is 4. The highest BCUT2D eigenvalue weighted by atomic mass is 16.5. The van der Waals surface area contributed by atoms with Crippen molar-refractivity contribution < 1.29 is 38.1 Å². The van der Waals surface area contributed by atoms with Gasteiger partial charge in [-0.2, -0.15) is 0 Å². The van der Waals surface area contributed by atoms with Crippen molar-refractivity contribution in [2.24, 2.45) is 11.8 Å². The molecule has 330 valence electrons. The van der Waals surface area contributed by atoms with Gasteiger partial charge in [-0.15, -0.1) is 0 Å². The summed E-state index contributed by atoms with van der Waals surface area (Å²) in [5, 5.41) is 5.43. The number of H-pyrrole nitrogens is 2. The number of alkyl carbamates (subject to hydrolysis) is 2. The van der Waals surface area contributed by atoms with Crippen LogP contribution in [-0.4, -0.2) is 107 Å². The van der Waals surface area contributed by atoms with E-state index >= 15 is 0 Å². The number of hydrogen-bond donors (Lipinski definition) is 4. The molecule has 0 saturated carbocycles. The lowest BCUT2D eigenvalue weighted by molar-refractivity contribution is -0.136. The molecule has 4 amide bonds. The van der Waals surface area contributed by atoms with Crippen molar-refractivity contribution in [1.82, 2.24) is 40.4 Å². The lowest BCUT2D eigenvalue weighted by atomic mass is 9.94. The smallest absolute Gasteiger partial charge is 0.407 e. The summed E-state index contributed by atoms with van der Waals surface area (Å²) in [6.45, 7) is 9.37. The molecule has 2 aliphatic rings. The van der Waals surface area contributed by atoms with Crippen LogP contribution in [0.25, 0.3) is 44.3 Å². The normalized spacial score (nSPS) is 17.6. The van der Waals surface area contributed by atoms with E-state index in [-0.39, 0.29) is 35.7 Å². The maximum atomic E-state index is 13.8. The highest BCUT2D eigenvalue weighted by Crippen LogP contribution is 2.39. The summed E-state index contributed by atoms with van der Waals surface area (Å²) in [7, 11) is 5.90. The fourth-order valence-electron chi connectivity index (χ4n) is 8.96. The number of imidazole rings is 2. The molecule has 4 heterocycles. The van der Waals surface area contributed by atoms with Crippen LogP contribution in [0.2, 0.25) is 0 Å². The van der Waals surface area contributed by atoms with Crippen molar-refractivity contribution in [3.05, 3.63) is 71.3 Å². The molecule has 5 aromatic rings. The second-order valence-electron chi connectivity index (χ2n) is 16.8. The monoisotopic (exact) mass is 850 g/mol.